The summed E-state index contributed by atoms with van der Waals surface area (Å²) in [5.41, 5.74) is 0. The van der Waals surface area contributed by atoms with Gasteiger partial charge in [-0.05, 0) is 19.3 Å². The van der Waals surface area contributed by atoms with E-state index in [2.05, 4.69) is 6.92 Å². The summed E-state index contributed by atoms with van der Waals surface area (Å²) in [4.78, 5) is -1.95. The minimum Gasteiger partial charge on any atom is -0.372 e. The van der Waals surface area contributed by atoms with Crippen LogP contribution in [0.4, 0.5) is 0 Å². The molecule has 0 saturated heterocycles. The van der Waals surface area contributed by atoms with Crippen molar-refractivity contribution in [3.8, 4) is 0 Å². The second kappa shape index (κ2) is 13.2. The zero-order valence-corrected chi connectivity index (χ0v) is 16.0. The van der Waals surface area contributed by atoms with Crippen molar-refractivity contribution in [3.05, 3.63) is 0 Å². The summed E-state index contributed by atoms with van der Waals surface area (Å²) in [6.07, 6.45) is 16.0. The van der Waals surface area contributed by atoms with Gasteiger partial charge < -0.3 is 5.11 Å². The largest absolute Gasteiger partial charge is 0.372 e. The van der Waals surface area contributed by atoms with Crippen molar-refractivity contribution in [1.82, 2.24) is 0 Å². The van der Waals surface area contributed by atoms with Gasteiger partial charge in [-0.3, -0.25) is 4.55 Å². The van der Waals surface area contributed by atoms with Crippen molar-refractivity contribution in [2.24, 2.45) is 0 Å². The zero-order valence-electron chi connectivity index (χ0n) is 15.2. The number of rotatable bonds is 16. The maximum Gasteiger partial charge on any atom is 0.294 e. The van der Waals surface area contributed by atoms with Crippen molar-refractivity contribution in [3.63, 3.8) is 0 Å². The quantitative estimate of drug-likeness (QED) is 0.286. The van der Waals surface area contributed by atoms with E-state index in [0.29, 0.717) is 6.42 Å². The lowest BCUT2D eigenvalue weighted by molar-refractivity contribution is 0.0965. The van der Waals surface area contributed by atoms with Crippen LogP contribution >= 0.6 is 0 Å². The monoisotopic (exact) mass is 350 g/mol. The predicted molar refractivity (Wildman–Crippen MR) is 97.1 cm³/mol. The van der Waals surface area contributed by atoms with Gasteiger partial charge in [0.1, 0.15) is 0 Å². The zero-order chi connectivity index (χ0) is 17.6. The molecule has 5 heteroatoms. The SMILES string of the molecule is CCCCCCCCCCCCCCCC(O)(CC)S(=O)(=O)O. The molecule has 0 fully saturated rings. The van der Waals surface area contributed by atoms with Crippen LogP contribution in [-0.2, 0) is 10.1 Å². The Hall–Kier alpha value is -0.130. The Bertz CT molecular complexity index is 367. The molecule has 0 aliphatic rings. The molecule has 4 nitrogen and oxygen atoms in total. The van der Waals surface area contributed by atoms with Crippen molar-refractivity contribution in [1.29, 1.82) is 0 Å². The summed E-state index contributed by atoms with van der Waals surface area (Å²) in [6, 6.07) is 0. The normalized spacial score (nSPS) is 14.8. The second-order valence-corrected chi connectivity index (χ2v) is 8.48. The van der Waals surface area contributed by atoms with Gasteiger partial charge in [0.2, 0.25) is 0 Å². The van der Waals surface area contributed by atoms with Gasteiger partial charge in [0.15, 0.2) is 4.93 Å². The predicted octanol–water partition coefficient (Wildman–Crippen LogP) is 5.45. The first-order valence-corrected chi connectivity index (χ1v) is 11.0. The second-order valence-electron chi connectivity index (χ2n) is 6.77. The van der Waals surface area contributed by atoms with E-state index in [-0.39, 0.29) is 12.8 Å². The van der Waals surface area contributed by atoms with E-state index in [9.17, 15) is 13.5 Å². The van der Waals surface area contributed by atoms with Crippen LogP contribution in [0.3, 0.4) is 0 Å². The van der Waals surface area contributed by atoms with Gasteiger partial charge in [0, 0.05) is 0 Å². The molecule has 0 radical (unpaired) electrons. The third kappa shape index (κ3) is 11.1. The molecule has 140 valence electrons. The van der Waals surface area contributed by atoms with Gasteiger partial charge in [-0.25, -0.2) is 0 Å². The van der Waals surface area contributed by atoms with Crippen LogP contribution in [0.5, 0.6) is 0 Å². The first kappa shape index (κ1) is 22.9. The first-order valence-electron chi connectivity index (χ1n) is 9.56. The average molecular weight is 351 g/mol. The molecule has 0 amide bonds. The smallest absolute Gasteiger partial charge is 0.294 e. The van der Waals surface area contributed by atoms with Crippen LogP contribution < -0.4 is 0 Å². The molecule has 0 aromatic heterocycles. The molecule has 0 spiro atoms. The Morgan fingerprint density at radius 2 is 1.04 bits per heavy atom. The van der Waals surface area contributed by atoms with Gasteiger partial charge in [-0.15, -0.1) is 0 Å². The molecule has 0 aliphatic carbocycles. The Balaban J connectivity index is 3.43. The molecular formula is C18H38O4S. The summed E-state index contributed by atoms with van der Waals surface area (Å²) >= 11 is 0. The van der Waals surface area contributed by atoms with E-state index in [1.165, 1.54) is 64.2 Å². The van der Waals surface area contributed by atoms with E-state index >= 15 is 0 Å². The third-order valence-electron chi connectivity index (χ3n) is 4.70. The standard InChI is InChI=1S/C18H38O4S/c1-3-5-6-7-8-9-10-11-12-13-14-15-16-17-18(19,4-2)23(20,21)22/h19H,3-17H2,1-2H3,(H,20,21,22). The highest BCUT2D eigenvalue weighted by Gasteiger charge is 2.37. The molecule has 23 heavy (non-hydrogen) atoms. The van der Waals surface area contributed by atoms with Crippen molar-refractivity contribution in [2.45, 2.75) is 115 Å². The highest BCUT2D eigenvalue weighted by molar-refractivity contribution is 7.87. The lowest BCUT2D eigenvalue weighted by Gasteiger charge is -2.22. The van der Waals surface area contributed by atoms with E-state index in [1.54, 1.807) is 6.92 Å². The average Bonchev–Trinajstić information content (AvgIpc) is 2.50. The van der Waals surface area contributed by atoms with E-state index in [0.717, 1.165) is 12.8 Å². The molecule has 0 heterocycles. The van der Waals surface area contributed by atoms with Crippen LogP contribution in [0.2, 0.25) is 0 Å². The van der Waals surface area contributed by atoms with Crippen LogP contribution in [0.1, 0.15) is 110 Å². The Labute approximate surface area is 143 Å². The maximum absolute atomic E-state index is 11.1. The molecule has 1 unspecified atom stereocenters. The number of aliphatic hydroxyl groups is 1. The van der Waals surface area contributed by atoms with Gasteiger partial charge in [-0.1, -0.05) is 90.9 Å². The Morgan fingerprint density at radius 1 is 0.696 bits per heavy atom. The van der Waals surface area contributed by atoms with E-state index < -0.39 is 15.1 Å². The van der Waals surface area contributed by atoms with E-state index in [1.807, 2.05) is 0 Å². The van der Waals surface area contributed by atoms with Crippen molar-refractivity contribution in [2.75, 3.05) is 0 Å². The molecule has 0 saturated carbocycles. The van der Waals surface area contributed by atoms with Crippen LogP contribution in [-0.4, -0.2) is 23.0 Å². The minimum absolute atomic E-state index is 0.0318. The third-order valence-corrected chi connectivity index (χ3v) is 6.16. The van der Waals surface area contributed by atoms with Gasteiger partial charge >= 0.3 is 0 Å². The van der Waals surface area contributed by atoms with Crippen LogP contribution in [0.15, 0.2) is 0 Å². The fourth-order valence-electron chi connectivity index (χ4n) is 2.91. The Kier molecular flexibility index (Phi) is 13.1. The number of hydrogen-bond donors (Lipinski definition) is 2. The molecule has 0 aromatic rings. The topological polar surface area (TPSA) is 74.6 Å². The first-order chi connectivity index (χ1) is 10.9. The summed E-state index contributed by atoms with van der Waals surface area (Å²) in [6.45, 7) is 3.82. The molecular weight excluding hydrogens is 312 g/mol. The van der Waals surface area contributed by atoms with Gasteiger partial charge in [0.25, 0.3) is 10.1 Å². The summed E-state index contributed by atoms with van der Waals surface area (Å²) in [7, 11) is -4.38. The number of hydrogen-bond acceptors (Lipinski definition) is 3. The molecule has 0 bridgehead atoms. The highest BCUT2D eigenvalue weighted by atomic mass is 32.2. The van der Waals surface area contributed by atoms with Crippen molar-refractivity contribution < 1.29 is 18.1 Å². The van der Waals surface area contributed by atoms with Crippen LogP contribution in [0.25, 0.3) is 0 Å². The fraction of sp³-hybridized carbons (Fsp3) is 1.00. The van der Waals surface area contributed by atoms with Crippen LogP contribution in [0, 0.1) is 0 Å². The maximum atomic E-state index is 11.1. The summed E-state index contributed by atoms with van der Waals surface area (Å²) in [5.74, 6) is 0. The molecule has 0 aliphatic heterocycles. The highest BCUT2D eigenvalue weighted by Crippen LogP contribution is 2.25. The minimum atomic E-state index is -4.38. The number of unbranched alkanes of at least 4 members (excludes halogenated alkanes) is 12. The summed E-state index contributed by atoms with van der Waals surface area (Å²) in [5, 5.41) is 9.90. The molecule has 2 N–H and O–H groups in total. The van der Waals surface area contributed by atoms with Gasteiger partial charge in [0.05, 0.1) is 0 Å². The lowest BCUT2D eigenvalue weighted by atomic mass is 10.0. The van der Waals surface area contributed by atoms with E-state index in [4.69, 9.17) is 4.55 Å². The molecule has 0 rings (SSSR count). The Morgan fingerprint density at radius 3 is 1.35 bits per heavy atom. The molecule has 0 aromatic carbocycles. The van der Waals surface area contributed by atoms with Crippen molar-refractivity contribution >= 4 is 10.1 Å². The fourth-order valence-corrected chi connectivity index (χ4v) is 3.67. The molecule has 1 atom stereocenters. The van der Waals surface area contributed by atoms with Gasteiger partial charge in [-0.2, -0.15) is 8.42 Å². The lowest BCUT2D eigenvalue weighted by Crippen LogP contribution is -2.37. The summed E-state index contributed by atoms with van der Waals surface area (Å²) < 4.78 is 31.3.